The Kier molecular flexibility index (Phi) is 7.61. The van der Waals surface area contributed by atoms with Crippen LogP contribution in [-0.4, -0.2) is 5.78 Å². The lowest BCUT2D eigenvalue weighted by atomic mass is 10.0. The van der Waals surface area contributed by atoms with Crippen LogP contribution in [0.5, 0.6) is 0 Å². The Bertz CT molecular complexity index is 280. The highest BCUT2D eigenvalue weighted by Crippen LogP contribution is 2.18. The first-order valence-electron chi connectivity index (χ1n) is 5.74. The van der Waals surface area contributed by atoms with Crippen LogP contribution in [0.15, 0.2) is 35.5 Å². The van der Waals surface area contributed by atoms with Crippen molar-refractivity contribution in [1.29, 1.82) is 0 Å². The zero-order valence-electron chi connectivity index (χ0n) is 10.3. The number of hydrogen-bond acceptors (Lipinski definition) is 1. The largest absolute Gasteiger partial charge is 0.295 e. The predicted molar refractivity (Wildman–Crippen MR) is 66.9 cm³/mol. The Hall–Kier alpha value is -1.11. The first-order chi connectivity index (χ1) is 7.17. The van der Waals surface area contributed by atoms with E-state index in [1.54, 1.807) is 6.92 Å². The minimum Gasteiger partial charge on any atom is -0.295 e. The fourth-order valence-corrected chi connectivity index (χ4v) is 1.35. The van der Waals surface area contributed by atoms with Crippen LogP contribution in [0, 0.1) is 0 Å². The molecule has 84 valence electrons. The zero-order chi connectivity index (χ0) is 11.7. The van der Waals surface area contributed by atoms with Crippen molar-refractivity contribution >= 4 is 5.78 Å². The normalized spacial score (nSPS) is 14.4. The maximum atomic E-state index is 11.2. The topological polar surface area (TPSA) is 17.1 Å². The predicted octanol–water partition coefficient (Wildman–Crippen LogP) is 4.21. The summed E-state index contributed by atoms with van der Waals surface area (Å²) >= 11 is 0. The van der Waals surface area contributed by atoms with Gasteiger partial charge in [0.1, 0.15) is 0 Å². The van der Waals surface area contributed by atoms with Crippen LogP contribution in [0.2, 0.25) is 0 Å². The van der Waals surface area contributed by atoms with E-state index in [-0.39, 0.29) is 5.78 Å². The molecule has 0 aromatic carbocycles. The summed E-state index contributed by atoms with van der Waals surface area (Å²) in [4.78, 5) is 11.2. The Morgan fingerprint density at radius 3 is 2.40 bits per heavy atom. The summed E-state index contributed by atoms with van der Waals surface area (Å²) in [5.41, 5.74) is 2.04. The molecule has 0 saturated carbocycles. The molecule has 0 fully saturated rings. The summed E-state index contributed by atoms with van der Waals surface area (Å²) in [6, 6.07) is 0. The molecule has 1 nitrogen and oxygen atoms in total. The third-order valence-corrected chi connectivity index (χ3v) is 2.00. The summed E-state index contributed by atoms with van der Waals surface area (Å²) in [5.74, 6) is 0.173. The van der Waals surface area contributed by atoms with Crippen LogP contribution in [0.1, 0.15) is 47.0 Å². The lowest BCUT2D eigenvalue weighted by molar-refractivity contribution is -0.113. The molecule has 0 bridgehead atoms. The molecule has 0 heterocycles. The number of rotatable bonds is 2. The number of Topliss-reactive ketones (excluding diaryl/α,β-unsaturated/α-hetero) is 1. The zero-order valence-corrected chi connectivity index (χ0v) is 10.3. The van der Waals surface area contributed by atoms with Crippen molar-refractivity contribution in [2.24, 2.45) is 0 Å². The number of carbonyl (C=O) groups is 1. The molecule has 1 rings (SSSR count). The van der Waals surface area contributed by atoms with Crippen molar-refractivity contribution in [2.75, 3.05) is 0 Å². The summed E-state index contributed by atoms with van der Waals surface area (Å²) in [6.45, 7) is 7.95. The van der Waals surface area contributed by atoms with Crippen LogP contribution in [-0.2, 0) is 4.79 Å². The molecule has 1 aliphatic rings. The number of carbonyl (C=O) groups excluding carboxylic acids is 1. The quantitative estimate of drug-likeness (QED) is 0.661. The molecule has 0 unspecified atom stereocenters. The second-order valence-corrected chi connectivity index (χ2v) is 3.59. The highest BCUT2D eigenvalue weighted by atomic mass is 16.1. The van der Waals surface area contributed by atoms with Gasteiger partial charge in [0.15, 0.2) is 5.78 Å². The van der Waals surface area contributed by atoms with E-state index in [9.17, 15) is 4.79 Å². The molecule has 1 aliphatic carbocycles. The van der Waals surface area contributed by atoms with E-state index in [1.165, 1.54) is 6.42 Å². The number of hydrogen-bond donors (Lipinski definition) is 0. The van der Waals surface area contributed by atoms with Crippen molar-refractivity contribution in [3.63, 3.8) is 0 Å². The minimum absolute atomic E-state index is 0.173. The standard InChI is InChI=1S/C11H14O.C3H8/c1-3-10-7-5-4-6-8-11(10)9(2)12;1-3-2/h4-5,7-8H,3,6H2,1-2H3;3H2,1-2H3. The van der Waals surface area contributed by atoms with Crippen LogP contribution in [0.25, 0.3) is 0 Å². The molecule has 1 heteroatoms. The summed E-state index contributed by atoms with van der Waals surface area (Å²) in [6.07, 6.45) is 11.2. The van der Waals surface area contributed by atoms with Crippen LogP contribution >= 0.6 is 0 Å². The molecule has 15 heavy (non-hydrogen) atoms. The fourth-order valence-electron chi connectivity index (χ4n) is 1.35. The highest BCUT2D eigenvalue weighted by molar-refractivity contribution is 5.97. The van der Waals surface area contributed by atoms with Gasteiger partial charge in [-0.1, -0.05) is 51.5 Å². The molecule has 0 aromatic rings. The minimum atomic E-state index is 0.173. The van der Waals surface area contributed by atoms with E-state index in [0.717, 1.165) is 24.0 Å². The first kappa shape index (κ1) is 13.9. The molecule has 0 spiro atoms. The van der Waals surface area contributed by atoms with Crippen molar-refractivity contribution in [1.82, 2.24) is 0 Å². The summed E-state index contributed by atoms with van der Waals surface area (Å²) in [5, 5.41) is 0. The maximum absolute atomic E-state index is 11.2. The van der Waals surface area contributed by atoms with Gasteiger partial charge in [-0.3, -0.25) is 4.79 Å². The maximum Gasteiger partial charge on any atom is 0.159 e. The monoisotopic (exact) mass is 206 g/mol. The van der Waals surface area contributed by atoms with Crippen molar-refractivity contribution in [3.8, 4) is 0 Å². The van der Waals surface area contributed by atoms with Crippen LogP contribution in [0.4, 0.5) is 0 Å². The highest BCUT2D eigenvalue weighted by Gasteiger charge is 2.07. The molecule has 0 amide bonds. The van der Waals surface area contributed by atoms with Gasteiger partial charge in [0.25, 0.3) is 0 Å². The van der Waals surface area contributed by atoms with Gasteiger partial charge in [-0.15, -0.1) is 0 Å². The fraction of sp³-hybridized carbons (Fsp3) is 0.500. The van der Waals surface area contributed by atoms with Crippen molar-refractivity contribution in [3.05, 3.63) is 35.5 Å². The molecule has 0 atom stereocenters. The average molecular weight is 206 g/mol. The van der Waals surface area contributed by atoms with E-state index in [2.05, 4.69) is 26.8 Å². The van der Waals surface area contributed by atoms with Crippen LogP contribution < -0.4 is 0 Å². The third kappa shape index (κ3) is 5.36. The van der Waals surface area contributed by atoms with E-state index >= 15 is 0 Å². The smallest absolute Gasteiger partial charge is 0.159 e. The van der Waals surface area contributed by atoms with Crippen molar-refractivity contribution in [2.45, 2.75) is 47.0 Å². The van der Waals surface area contributed by atoms with E-state index < -0.39 is 0 Å². The van der Waals surface area contributed by atoms with Gasteiger partial charge >= 0.3 is 0 Å². The molecular weight excluding hydrogens is 184 g/mol. The lowest BCUT2D eigenvalue weighted by Crippen LogP contribution is -1.99. The molecule has 0 saturated heterocycles. The number of allylic oxidation sites excluding steroid dienone is 6. The molecule has 0 aliphatic heterocycles. The second-order valence-electron chi connectivity index (χ2n) is 3.59. The van der Waals surface area contributed by atoms with Gasteiger partial charge in [-0.2, -0.15) is 0 Å². The Labute approximate surface area is 93.6 Å². The summed E-state index contributed by atoms with van der Waals surface area (Å²) in [7, 11) is 0. The van der Waals surface area contributed by atoms with Gasteiger partial charge in [0.05, 0.1) is 0 Å². The molecular formula is C14H22O. The van der Waals surface area contributed by atoms with Crippen molar-refractivity contribution < 1.29 is 4.79 Å². The van der Waals surface area contributed by atoms with Gasteiger partial charge in [-0.05, 0) is 25.3 Å². The van der Waals surface area contributed by atoms with Gasteiger partial charge in [0, 0.05) is 5.57 Å². The van der Waals surface area contributed by atoms with E-state index in [4.69, 9.17) is 0 Å². The SMILES string of the molecule is CCC.CCC1=CC=CCC=C1C(C)=O. The first-order valence-corrected chi connectivity index (χ1v) is 5.74. The average Bonchev–Trinajstić information content (AvgIpc) is 2.43. The van der Waals surface area contributed by atoms with Gasteiger partial charge in [0.2, 0.25) is 0 Å². The van der Waals surface area contributed by atoms with E-state index in [1.807, 2.05) is 18.2 Å². The molecule has 0 aromatic heterocycles. The Morgan fingerprint density at radius 1 is 1.33 bits per heavy atom. The van der Waals surface area contributed by atoms with Gasteiger partial charge < -0.3 is 0 Å². The third-order valence-electron chi connectivity index (χ3n) is 2.00. The molecule has 0 N–H and O–H groups in total. The van der Waals surface area contributed by atoms with Gasteiger partial charge in [-0.25, -0.2) is 0 Å². The Balaban J connectivity index is 0.000000583. The lowest BCUT2D eigenvalue weighted by Gasteiger charge is -2.04. The second kappa shape index (κ2) is 8.22. The van der Waals surface area contributed by atoms with E-state index in [0.29, 0.717) is 0 Å². The number of ketones is 1. The Morgan fingerprint density at radius 2 is 1.93 bits per heavy atom. The molecule has 0 radical (unpaired) electrons. The van der Waals surface area contributed by atoms with Crippen LogP contribution in [0.3, 0.4) is 0 Å². The summed E-state index contributed by atoms with van der Waals surface area (Å²) < 4.78 is 0.